The van der Waals surface area contributed by atoms with Gasteiger partial charge in [0.1, 0.15) is 0 Å². The third-order valence-electron chi connectivity index (χ3n) is 16.8. The van der Waals surface area contributed by atoms with Crippen LogP contribution in [0.1, 0.15) is 99.8 Å². The predicted molar refractivity (Wildman–Crippen MR) is 189 cm³/mol. The number of benzene rings is 1. The number of carbonyl (C=O) groups is 3. The van der Waals surface area contributed by atoms with Crippen LogP contribution in [0.15, 0.2) is 64.8 Å². The summed E-state index contributed by atoms with van der Waals surface area (Å²) in [6.45, 7) is 15.5. The molecule has 0 spiro atoms. The number of hydrogen-bond acceptors (Lipinski definition) is 3. The van der Waals surface area contributed by atoms with E-state index in [9.17, 15) is 19.5 Å². The molecular weight excluding hydrogens is 651 g/mol. The summed E-state index contributed by atoms with van der Waals surface area (Å²) in [4.78, 5) is 42.4. The number of fused-ring (bicyclic) bond motifs is 9. The van der Waals surface area contributed by atoms with Gasteiger partial charge in [-0.05, 0) is 126 Å². The monoisotopic (exact) mass is 703 g/mol. The smallest absolute Gasteiger partial charge is 0.416 e. The molecule has 3 saturated carbocycles. The number of imide groups is 1. The fourth-order valence-corrected chi connectivity index (χ4v) is 14.1. The van der Waals surface area contributed by atoms with Crippen molar-refractivity contribution >= 4 is 23.5 Å². The second-order valence-corrected chi connectivity index (χ2v) is 18.8. The number of nitrogens with zero attached hydrogens (tertiary/aromatic N) is 1. The van der Waals surface area contributed by atoms with Crippen molar-refractivity contribution in [2.45, 2.75) is 106 Å². The van der Waals surface area contributed by atoms with Crippen molar-refractivity contribution in [2.24, 2.45) is 68.5 Å². The van der Waals surface area contributed by atoms with Crippen molar-refractivity contribution in [3.05, 3.63) is 64.8 Å². The van der Waals surface area contributed by atoms with Gasteiger partial charge in [-0.3, -0.25) is 14.4 Å². The van der Waals surface area contributed by atoms with E-state index in [4.69, 9.17) is 0 Å². The number of alkyl halides is 3. The van der Waals surface area contributed by atoms with Crippen LogP contribution in [-0.4, -0.2) is 29.1 Å². The van der Waals surface area contributed by atoms with E-state index in [0.717, 1.165) is 36.7 Å². The highest BCUT2D eigenvalue weighted by atomic mass is 19.4. The number of carbonyl (C=O) groups excluding carboxylic acids is 2. The molecule has 8 heteroatoms. The molecule has 4 fully saturated rings. The molecular formula is C43H52F3NO4. The van der Waals surface area contributed by atoms with E-state index in [2.05, 4.69) is 40.7 Å². The first-order valence-electron chi connectivity index (χ1n) is 19.2. The second-order valence-electron chi connectivity index (χ2n) is 18.8. The average Bonchev–Trinajstić information content (AvgIpc) is 3.30. The molecule has 274 valence electrons. The molecule has 1 aliphatic heterocycles. The van der Waals surface area contributed by atoms with Gasteiger partial charge in [-0.25, -0.2) is 4.90 Å². The summed E-state index contributed by atoms with van der Waals surface area (Å²) >= 11 is 0. The Balaban J connectivity index is 1.26. The van der Waals surface area contributed by atoms with Crippen LogP contribution in [0.25, 0.3) is 0 Å². The molecule has 2 unspecified atom stereocenters. The quantitative estimate of drug-likeness (QED) is 0.246. The van der Waals surface area contributed by atoms with E-state index in [-0.39, 0.29) is 46.5 Å². The van der Waals surface area contributed by atoms with Crippen LogP contribution in [-0.2, 0) is 14.4 Å². The molecule has 0 bridgehead atoms. The van der Waals surface area contributed by atoms with Crippen LogP contribution >= 0.6 is 0 Å². The molecule has 11 atom stereocenters. The van der Waals surface area contributed by atoms with Crippen LogP contribution < -0.4 is 4.90 Å². The lowest BCUT2D eigenvalue weighted by Gasteiger charge is -2.71. The molecule has 0 aromatic heterocycles. The molecule has 1 saturated heterocycles. The third-order valence-corrected chi connectivity index (χ3v) is 16.8. The number of rotatable bonds is 2. The normalized spacial score (nSPS) is 44.3. The van der Waals surface area contributed by atoms with Crippen molar-refractivity contribution in [2.75, 3.05) is 4.90 Å². The molecule has 8 rings (SSSR count). The SMILES string of the molecule is C[C@H]1[C@H](C)CC[C@]2(C(=O)O)CC[C@]3(C)C(=CC[C@@H]4[C@@]5(C)CC6=C(C7C(=O)N(c8ccccc8)C(=O)C7C=C6C(F)(F)F)C(C)(C)[C@@H]5CC[C@]43C)[C@H]12. The number of amides is 2. The van der Waals surface area contributed by atoms with Gasteiger partial charge in [-0.15, -0.1) is 0 Å². The van der Waals surface area contributed by atoms with Gasteiger partial charge in [0.2, 0.25) is 11.8 Å². The minimum absolute atomic E-state index is 0.00221. The predicted octanol–water partition coefficient (Wildman–Crippen LogP) is 9.94. The first-order valence-corrected chi connectivity index (χ1v) is 19.2. The van der Waals surface area contributed by atoms with E-state index in [0.29, 0.717) is 36.4 Å². The summed E-state index contributed by atoms with van der Waals surface area (Å²) in [7, 11) is 0. The van der Waals surface area contributed by atoms with E-state index >= 15 is 13.2 Å². The Labute approximate surface area is 299 Å². The first-order chi connectivity index (χ1) is 23.8. The summed E-state index contributed by atoms with van der Waals surface area (Å²) in [5.41, 5.74) is -0.923. The topological polar surface area (TPSA) is 74.7 Å². The fraction of sp³-hybridized carbons (Fsp3) is 0.651. The van der Waals surface area contributed by atoms with Crippen LogP contribution in [0.3, 0.4) is 0 Å². The summed E-state index contributed by atoms with van der Waals surface area (Å²) in [6.07, 6.45) is 4.31. The Hall–Kier alpha value is -3.16. The Morgan fingerprint density at radius 2 is 1.59 bits per heavy atom. The number of anilines is 1. The number of carboxylic acids is 1. The highest BCUT2D eigenvalue weighted by Crippen LogP contribution is 2.77. The van der Waals surface area contributed by atoms with Gasteiger partial charge < -0.3 is 5.11 Å². The lowest BCUT2D eigenvalue weighted by atomic mass is 9.33. The molecule has 1 heterocycles. The van der Waals surface area contributed by atoms with E-state index < -0.39 is 57.6 Å². The van der Waals surface area contributed by atoms with Crippen LogP contribution in [0.2, 0.25) is 0 Å². The molecule has 7 aliphatic rings. The zero-order valence-corrected chi connectivity index (χ0v) is 31.0. The minimum Gasteiger partial charge on any atom is -0.481 e. The number of hydrogen-bond donors (Lipinski definition) is 1. The van der Waals surface area contributed by atoms with Gasteiger partial charge in [0.15, 0.2) is 0 Å². The Kier molecular flexibility index (Phi) is 7.33. The maximum absolute atomic E-state index is 15.3. The lowest BCUT2D eigenvalue weighted by molar-refractivity contribution is -0.182. The summed E-state index contributed by atoms with van der Waals surface area (Å²) in [5.74, 6) is -3.21. The summed E-state index contributed by atoms with van der Waals surface area (Å²) in [6, 6.07) is 8.55. The molecule has 51 heavy (non-hydrogen) atoms. The van der Waals surface area contributed by atoms with Gasteiger partial charge in [0, 0.05) is 0 Å². The number of allylic oxidation sites excluding steroid dienone is 4. The van der Waals surface area contributed by atoms with Crippen molar-refractivity contribution < 1.29 is 32.7 Å². The highest BCUT2D eigenvalue weighted by molar-refractivity contribution is 6.24. The third kappa shape index (κ3) is 4.25. The molecule has 5 nitrogen and oxygen atoms in total. The molecule has 6 aliphatic carbocycles. The van der Waals surface area contributed by atoms with E-state index in [1.807, 2.05) is 13.8 Å². The van der Waals surface area contributed by atoms with Crippen LogP contribution in [0.5, 0.6) is 0 Å². The first kappa shape index (κ1) is 34.9. The number of para-hydroxylation sites is 1. The Morgan fingerprint density at radius 1 is 0.902 bits per heavy atom. The maximum atomic E-state index is 15.3. The number of carboxylic acid groups (broad SMARTS) is 1. The van der Waals surface area contributed by atoms with Gasteiger partial charge in [0.25, 0.3) is 0 Å². The average molecular weight is 704 g/mol. The fourth-order valence-electron chi connectivity index (χ4n) is 14.1. The van der Waals surface area contributed by atoms with Crippen molar-refractivity contribution in [1.82, 2.24) is 0 Å². The Bertz CT molecular complexity index is 1820. The number of halogens is 3. The molecule has 2 amide bonds. The van der Waals surface area contributed by atoms with Crippen LogP contribution in [0, 0.1) is 68.5 Å². The zero-order valence-electron chi connectivity index (χ0n) is 31.0. The second kappa shape index (κ2) is 10.7. The van der Waals surface area contributed by atoms with E-state index in [1.54, 1.807) is 30.3 Å². The standard InChI is InChI=1S/C43H52F3NO4/c1-23-15-18-42(37(50)51)20-19-40(6)28(33(42)24(23)2)13-14-31-39(5)22-27-29(43(44,45)46)21-26-32(34(27)38(3,4)30(39)16-17-41(31,40)7)36(49)47(35(26)48)25-11-9-8-10-12-25/h8-13,21,23-24,26,30-33H,14-20,22H2,1-7H3,(H,50,51)/t23-,24+,26?,30+,31-,32?,33+,39+,40-,41-,42+/m1/s1. The lowest BCUT2D eigenvalue weighted by Crippen LogP contribution is -2.65. The Morgan fingerprint density at radius 3 is 2.24 bits per heavy atom. The van der Waals surface area contributed by atoms with Crippen molar-refractivity contribution in [3.63, 3.8) is 0 Å². The van der Waals surface area contributed by atoms with Crippen LogP contribution in [0.4, 0.5) is 18.9 Å². The molecule has 1 aromatic rings. The summed E-state index contributed by atoms with van der Waals surface area (Å²) in [5, 5.41) is 10.8. The van der Waals surface area contributed by atoms with E-state index in [1.165, 1.54) is 5.57 Å². The molecule has 1 N–H and O–H groups in total. The summed E-state index contributed by atoms with van der Waals surface area (Å²) < 4.78 is 45.8. The number of aliphatic carboxylic acids is 1. The molecule has 1 aromatic carbocycles. The van der Waals surface area contributed by atoms with Crippen molar-refractivity contribution in [3.8, 4) is 0 Å². The largest absolute Gasteiger partial charge is 0.481 e. The maximum Gasteiger partial charge on any atom is 0.416 e. The van der Waals surface area contributed by atoms with Gasteiger partial charge >= 0.3 is 12.1 Å². The van der Waals surface area contributed by atoms with Gasteiger partial charge in [-0.1, -0.05) is 84.4 Å². The zero-order chi connectivity index (χ0) is 36.8. The van der Waals surface area contributed by atoms with Crippen molar-refractivity contribution in [1.29, 1.82) is 0 Å². The highest BCUT2D eigenvalue weighted by Gasteiger charge is 2.71. The van der Waals surface area contributed by atoms with Gasteiger partial charge in [0.05, 0.1) is 28.5 Å². The van der Waals surface area contributed by atoms with Gasteiger partial charge in [-0.2, -0.15) is 13.2 Å². The molecule has 0 radical (unpaired) electrons. The minimum atomic E-state index is -4.69.